The van der Waals surface area contributed by atoms with E-state index in [2.05, 4.69) is 10.6 Å². The van der Waals surface area contributed by atoms with Gasteiger partial charge in [0.2, 0.25) is 0 Å². The van der Waals surface area contributed by atoms with Crippen LogP contribution in [-0.2, 0) is 0 Å². The molecule has 1 aromatic carbocycles. The molecule has 3 N–H and O–H groups in total. The molecule has 3 nitrogen and oxygen atoms in total. The van der Waals surface area contributed by atoms with Crippen LogP contribution in [-0.4, -0.2) is 24.3 Å². The van der Waals surface area contributed by atoms with Crippen molar-refractivity contribution < 1.29 is 9.50 Å². The Hall–Kier alpha value is -0.970. The van der Waals surface area contributed by atoms with Gasteiger partial charge in [0.15, 0.2) is 0 Å². The molecular weight excluding hydrogens is 195 g/mol. The quantitative estimate of drug-likeness (QED) is 0.639. The first kappa shape index (κ1) is 10.5. The summed E-state index contributed by atoms with van der Waals surface area (Å²) in [4.78, 5) is 0. The van der Waals surface area contributed by atoms with Crippen molar-refractivity contribution in [1.82, 2.24) is 10.6 Å². The highest BCUT2D eigenvalue weighted by Gasteiger charge is 2.19. The lowest BCUT2D eigenvalue weighted by Crippen LogP contribution is -2.49. The van der Waals surface area contributed by atoms with Gasteiger partial charge in [-0.05, 0) is 24.1 Å². The molecule has 1 heterocycles. The number of β-amino-alcohol motifs (C(OH)–C–C–N with tert-alkyl or cyclic N) is 1. The van der Waals surface area contributed by atoms with E-state index in [4.69, 9.17) is 0 Å². The number of hydrogen-bond donors (Lipinski definition) is 3. The molecule has 1 aromatic rings. The smallest absolute Gasteiger partial charge is 0.126 e. The van der Waals surface area contributed by atoms with Crippen LogP contribution in [0.3, 0.4) is 0 Å². The van der Waals surface area contributed by atoms with Gasteiger partial charge >= 0.3 is 0 Å². The number of aliphatic hydroxyl groups is 1. The van der Waals surface area contributed by atoms with Gasteiger partial charge in [-0.1, -0.05) is 12.1 Å². The van der Waals surface area contributed by atoms with Crippen LogP contribution in [0.2, 0.25) is 0 Å². The van der Waals surface area contributed by atoms with Gasteiger partial charge in [0, 0.05) is 13.1 Å². The molecule has 0 radical (unpaired) electrons. The average Bonchev–Trinajstić information content (AvgIpc) is 2.23. The van der Waals surface area contributed by atoms with Crippen molar-refractivity contribution in [2.75, 3.05) is 13.1 Å². The number of rotatable bonds is 1. The highest BCUT2D eigenvalue weighted by atomic mass is 19.1. The fourth-order valence-corrected chi connectivity index (χ4v) is 1.68. The second-order valence-corrected chi connectivity index (χ2v) is 3.91. The summed E-state index contributed by atoms with van der Waals surface area (Å²) in [6.45, 7) is 2.81. The molecule has 1 fully saturated rings. The van der Waals surface area contributed by atoms with E-state index in [0.717, 1.165) is 5.56 Å². The molecule has 15 heavy (non-hydrogen) atoms. The maximum atomic E-state index is 13.3. The first-order valence-electron chi connectivity index (χ1n) is 5.07. The average molecular weight is 210 g/mol. The Balaban J connectivity index is 2.12. The summed E-state index contributed by atoms with van der Waals surface area (Å²) >= 11 is 0. The molecule has 0 bridgehead atoms. The number of nitrogens with one attached hydrogen (secondary N) is 2. The van der Waals surface area contributed by atoms with E-state index < -0.39 is 0 Å². The third kappa shape index (κ3) is 2.34. The van der Waals surface area contributed by atoms with E-state index in [1.165, 1.54) is 6.07 Å². The number of aliphatic hydroxyl groups excluding tert-OH is 1. The summed E-state index contributed by atoms with van der Waals surface area (Å²) in [6.07, 6.45) is -0.431. The summed E-state index contributed by atoms with van der Waals surface area (Å²) in [5.41, 5.74) is 1.51. The Kier molecular flexibility index (Phi) is 3.00. The third-order valence-corrected chi connectivity index (χ3v) is 2.64. The Morgan fingerprint density at radius 1 is 1.33 bits per heavy atom. The third-order valence-electron chi connectivity index (χ3n) is 2.64. The molecule has 0 atom stereocenters. The molecule has 82 valence electrons. The van der Waals surface area contributed by atoms with E-state index >= 15 is 0 Å². The van der Waals surface area contributed by atoms with E-state index in [-0.39, 0.29) is 18.1 Å². The van der Waals surface area contributed by atoms with Crippen LogP contribution in [0, 0.1) is 12.7 Å². The molecule has 1 saturated heterocycles. The van der Waals surface area contributed by atoms with Crippen LogP contribution in [0.5, 0.6) is 0 Å². The molecular formula is C11H15FN2O. The monoisotopic (exact) mass is 210 g/mol. The van der Waals surface area contributed by atoms with E-state index in [1.54, 1.807) is 13.0 Å². The summed E-state index contributed by atoms with van der Waals surface area (Å²) < 4.78 is 13.3. The highest BCUT2D eigenvalue weighted by molar-refractivity contribution is 5.25. The Morgan fingerprint density at radius 2 is 2.00 bits per heavy atom. The second kappa shape index (κ2) is 4.26. The van der Waals surface area contributed by atoms with Gasteiger partial charge in [0.1, 0.15) is 5.82 Å². The zero-order valence-corrected chi connectivity index (χ0v) is 8.63. The number of benzene rings is 1. The maximum Gasteiger partial charge on any atom is 0.126 e. The molecule has 0 amide bonds. The minimum Gasteiger partial charge on any atom is -0.390 e. The fraction of sp³-hybridized carbons (Fsp3) is 0.455. The minimum absolute atomic E-state index is 0.0662. The first-order valence-corrected chi connectivity index (χ1v) is 5.07. The zero-order valence-electron chi connectivity index (χ0n) is 8.63. The molecule has 0 aromatic heterocycles. The highest BCUT2D eigenvalue weighted by Crippen LogP contribution is 2.16. The van der Waals surface area contributed by atoms with Crippen LogP contribution < -0.4 is 10.6 Å². The van der Waals surface area contributed by atoms with E-state index in [1.807, 2.05) is 6.07 Å². The van der Waals surface area contributed by atoms with Gasteiger partial charge < -0.3 is 5.11 Å². The predicted molar refractivity (Wildman–Crippen MR) is 55.9 cm³/mol. The Morgan fingerprint density at radius 3 is 2.60 bits per heavy atom. The first-order chi connectivity index (χ1) is 7.16. The number of aryl methyl sites for hydroxylation is 1. The van der Waals surface area contributed by atoms with E-state index in [9.17, 15) is 9.50 Å². The molecule has 0 spiro atoms. The van der Waals surface area contributed by atoms with Gasteiger partial charge in [-0.2, -0.15) is 0 Å². The summed E-state index contributed by atoms with van der Waals surface area (Å²) in [7, 11) is 0. The van der Waals surface area contributed by atoms with Crippen molar-refractivity contribution in [3.8, 4) is 0 Å². The largest absolute Gasteiger partial charge is 0.390 e. The van der Waals surface area contributed by atoms with Gasteiger partial charge in [-0.15, -0.1) is 0 Å². The lowest BCUT2D eigenvalue weighted by atomic mass is 10.1. The summed E-state index contributed by atoms with van der Waals surface area (Å²) in [5, 5.41) is 15.5. The summed E-state index contributed by atoms with van der Waals surface area (Å²) in [5.74, 6) is -0.192. The van der Waals surface area contributed by atoms with Crippen LogP contribution >= 0.6 is 0 Å². The van der Waals surface area contributed by atoms with Gasteiger partial charge in [-0.25, -0.2) is 4.39 Å². The second-order valence-electron chi connectivity index (χ2n) is 3.91. The van der Waals surface area contributed by atoms with Gasteiger partial charge in [0.25, 0.3) is 0 Å². The van der Waals surface area contributed by atoms with Crippen LogP contribution in [0.1, 0.15) is 17.3 Å². The fourth-order valence-electron chi connectivity index (χ4n) is 1.68. The molecule has 4 heteroatoms. The van der Waals surface area contributed by atoms with Crippen LogP contribution in [0.4, 0.5) is 4.39 Å². The topological polar surface area (TPSA) is 44.3 Å². The normalized spacial score (nSPS) is 26.6. The van der Waals surface area contributed by atoms with Crippen molar-refractivity contribution in [3.05, 3.63) is 35.1 Å². The molecule has 0 aliphatic carbocycles. The van der Waals surface area contributed by atoms with Crippen molar-refractivity contribution in [3.63, 3.8) is 0 Å². The molecule has 2 rings (SSSR count). The maximum absolute atomic E-state index is 13.3. The lowest BCUT2D eigenvalue weighted by Gasteiger charge is -2.28. The van der Waals surface area contributed by atoms with Crippen molar-refractivity contribution in [1.29, 1.82) is 0 Å². The van der Waals surface area contributed by atoms with E-state index in [0.29, 0.717) is 18.7 Å². The zero-order chi connectivity index (χ0) is 10.8. The van der Waals surface area contributed by atoms with Crippen LogP contribution in [0.15, 0.2) is 18.2 Å². The molecule has 0 unspecified atom stereocenters. The van der Waals surface area contributed by atoms with Crippen molar-refractivity contribution in [2.45, 2.75) is 19.2 Å². The lowest BCUT2D eigenvalue weighted by molar-refractivity contribution is 0.129. The SMILES string of the molecule is Cc1ccc(C2NCC(O)CN2)cc1F. The molecule has 1 aliphatic heterocycles. The number of halogens is 1. The molecule has 1 aliphatic rings. The van der Waals surface area contributed by atoms with Gasteiger partial charge in [-0.3, -0.25) is 10.6 Å². The molecule has 0 saturated carbocycles. The van der Waals surface area contributed by atoms with Crippen molar-refractivity contribution >= 4 is 0 Å². The van der Waals surface area contributed by atoms with Crippen LogP contribution in [0.25, 0.3) is 0 Å². The minimum atomic E-state index is -0.364. The van der Waals surface area contributed by atoms with Crippen molar-refractivity contribution in [2.24, 2.45) is 0 Å². The standard InChI is InChI=1S/C11H15FN2O/c1-7-2-3-8(4-10(7)12)11-13-5-9(15)6-14-11/h2-4,9,11,13-15H,5-6H2,1H3. The van der Waals surface area contributed by atoms with Gasteiger partial charge in [0.05, 0.1) is 12.3 Å². The number of hydrogen-bond acceptors (Lipinski definition) is 3. The predicted octanol–water partition coefficient (Wildman–Crippen LogP) is 0.686. The Labute approximate surface area is 88.3 Å². The summed E-state index contributed by atoms with van der Waals surface area (Å²) in [6, 6.07) is 5.18. The Bertz CT molecular complexity index is 348.